The van der Waals surface area contributed by atoms with Crippen molar-refractivity contribution in [3.05, 3.63) is 11.8 Å². The Bertz CT molecular complexity index is 370. The van der Waals surface area contributed by atoms with Gasteiger partial charge in [0.2, 0.25) is 0 Å². The molecule has 0 saturated carbocycles. The fourth-order valence-electron chi connectivity index (χ4n) is 1.27. The van der Waals surface area contributed by atoms with Crippen LogP contribution in [-0.4, -0.2) is 27.2 Å². The van der Waals surface area contributed by atoms with E-state index in [1.807, 2.05) is 19.0 Å². The zero-order valence-corrected chi connectivity index (χ0v) is 8.91. The molecule has 2 heterocycles. The van der Waals surface area contributed by atoms with Gasteiger partial charge < -0.3 is 0 Å². The summed E-state index contributed by atoms with van der Waals surface area (Å²) in [6.07, 6.45) is 1.75. The van der Waals surface area contributed by atoms with Gasteiger partial charge in [-0.15, -0.1) is 23.3 Å². The molecule has 0 amide bonds. The van der Waals surface area contributed by atoms with Crippen molar-refractivity contribution in [2.45, 2.75) is 11.9 Å². The Morgan fingerprint density at radius 3 is 2.93 bits per heavy atom. The number of aromatic nitrogens is 2. The molecule has 1 aliphatic heterocycles. The predicted molar refractivity (Wildman–Crippen MR) is 55.6 cm³/mol. The van der Waals surface area contributed by atoms with Gasteiger partial charge in [0.15, 0.2) is 5.84 Å². The van der Waals surface area contributed by atoms with E-state index >= 15 is 0 Å². The molecule has 76 valence electrons. The van der Waals surface area contributed by atoms with Crippen LogP contribution in [0.5, 0.6) is 0 Å². The van der Waals surface area contributed by atoms with E-state index in [0.29, 0.717) is 0 Å². The molecule has 1 aromatic heterocycles. The molecular weight excluding hydrogens is 200 g/mol. The molecule has 0 atom stereocenters. The normalized spacial score (nSPS) is 15.6. The molecule has 0 radical (unpaired) electrons. The van der Waals surface area contributed by atoms with Crippen molar-refractivity contribution in [3.8, 4) is 0 Å². The highest BCUT2D eigenvalue weighted by Crippen LogP contribution is 2.15. The highest BCUT2D eigenvalue weighted by atomic mass is 32.1. The van der Waals surface area contributed by atoms with Crippen LogP contribution in [0.25, 0.3) is 0 Å². The second kappa shape index (κ2) is 3.50. The number of nitrogens with one attached hydrogen (secondary N) is 2. The van der Waals surface area contributed by atoms with Crippen molar-refractivity contribution in [1.82, 2.24) is 25.9 Å². The summed E-state index contributed by atoms with van der Waals surface area (Å²) < 4.78 is 1.70. The van der Waals surface area contributed by atoms with Crippen LogP contribution in [-0.2, 0) is 7.05 Å². The first-order valence-electron chi connectivity index (χ1n) is 4.31. The molecule has 2 rings (SSSR count). The third-order valence-electron chi connectivity index (χ3n) is 2.07. The number of thiol groups is 1. The average Bonchev–Trinajstić information content (AvgIpc) is 2.75. The standard InChI is InChI=1S/C7H12N6S/c1-3-13-6(9-10-11-13)5-4-8-12(2)7(5)14/h4,10-11,14H,3H2,1-2H3. The Kier molecular flexibility index (Phi) is 2.34. The first kappa shape index (κ1) is 9.35. The summed E-state index contributed by atoms with van der Waals surface area (Å²) in [7, 11) is 1.85. The van der Waals surface area contributed by atoms with Crippen LogP contribution < -0.4 is 11.1 Å². The number of nitrogens with zero attached hydrogens (tertiary/aromatic N) is 4. The lowest BCUT2D eigenvalue weighted by Gasteiger charge is -2.15. The molecule has 0 spiro atoms. The summed E-state index contributed by atoms with van der Waals surface area (Å²) >= 11 is 4.35. The van der Waals surface area contributed by atoms with E-state index in [-0.39, 0.29) is 0 Å². The SMILES string of the molecule is CCN1NNN=C1c1cnn(C)c1S. The van der Waals surface area contributed by atoms with Gasteiger partial charge in [0.1, 0.15) is 5.03 Å². The summed E-state index contributed by atoms with van der Waals surface area (Å²) in [5.74, 6) is 0.811. The Morgan fingerprint density at radius 2 is 2.36 bits per heavy atom. The molecule has 7 heteroatoms. The third kappa shape index (κ3) is 1.34. The Hall–Kier alpha value is -1.21. The van der Waals surface area contributed by atoms with Crippen molar-refractivity contribution in [1.29, 1.82) is 0 Å². The molecular formula is C7H12N6S. The van der Waals surface area contributed by atoms with Crippen molar-refractivity contribution < 1.29 is 0 Å². The molecule has 2 N–H and O–H groups in total. The Morgan fingerprint density at radius 1 is 1.57 bits per heavy atom. The molecule has 0 unspecified atom stereocenters. The van der Waals surface area contributed by atoms with Crippen LogP contribution in [0.1, 0.15) is 12.5 Å². The van der Waals surface area contributed by atoms with Gasteiger partial charge in [-0.05, 0) is 6.92 Å². The van der Waals surface area contributed by atoms with Crippen LogP contribution in [0.2, 0.25) is 0 Å². The maximum absolute atomic E-state index is 4.35. The van der Waals surface area contributed by atoms with Gasteiger partial charge in [0, 0.05) is 13.6 Å². The molecule has 1 aliphatic rings. The highest BCUT2D eigenvalue weighted by Gasteiger charge is 2.20. The monoisotopic (exact) mass is 212 g/mol. The van der Waals surface area contributed by atoms with Crippen LogP contribution in [0.3, 0.4) is 0 Å². The summed E-state index contributed by atoms with van der Waals surface area (Å²) in [6, 6.07) is 0. The lowest BCUT2D eigenvalue weighted by Crippen LogP contribution is -2.40. The maximum Gasteiger partial charge on any atom is 0.177 e. The number of hydrogen-bond acceptors (Lipinski definition) is 6. The topological polar surface area (TPSA) is 57.5 Å². The molecule has 6 nitrogen and oxygen atoms in total. The van der Waals surface area contributed by atoms with E-state index in [1.54, 1.807) is 10.9 Å². The second-order valence-electron chi connectivity index (χ2n) is 2.91. The summed E-state index contributed by atoms with van der Waals surface area (Å²) in [6.45, 7) is 2.85. The van der Waals surface area contributed by atoms with Gasteiger partial charge in [-0.1, -0.05) is 0 Å². The minimum Gasteiger partial charge on any atom is -0.271 e. The molecule has 0 saturated heterocycles. The van der Waals surface area contributed by atoms with E-state index in [1.165, 1.54) is 0 Å². The fraction of sp³-hybridized carbons (Fsp3) is 0.429. The van der Waals surface area contributed by atoms with Crippen molar-refractivity contribution >= 4 is 18.5 Å². The van der Waals surface area contributed by atoms with Crippen molar-refractivity contribution in [2.24, 2.45) is 12.1 Å². The van der Waals surface area contributed by atoms with Gasteiger partial charge >= 0.3 is 0 Å². The minimum absolute atomic E-state index is 0.799. The average molecular weight is 212 g/mol. The lowest BCUT2D eigenvalue weighted by atomic mass is 10.3. The quantitative estimate of drug-likeness (QED) is 0.590. The van der Waals surface area contributed by atoms with E-state index in [4.69, 9.17) is 0 Å². The summed E-state index contributed by atoms with van der Waals surface area (Å²) in [5, 5.41) is 10.9. The van der Waals surface area contributed by atoms with Gasteiger partial charge in [0.25, 0.3) is 0 Å². The molecule has 0 fully saturated rings. The third-order valence-corrected chi connectivity index (χ3v) is 2.60. The van der Waals surface area contributed by atoms with Crippen LogP contribution in [0, 0.1) is 0 Å². The Labute approximate surface area is 87.3 Å². The smallest absolute Gasteiger partial charge is 0.177 e. The zero-order chi connectivity index (χ0) is 10.1. The summed E-state index contributed by atoms with van der Waals surface area (Å²) in [4.78, 5) is 0. The number of hydrogen-bond donors (Lipinski definition) is 3. The molecule has 1 aromatic rings. The van der Waals surface area contributed by atoms with Gasteiger partial charge in [-0.2, -0.15) is 5.10 Å². The van der Waals surface area contributed by atoms with Crippen molar-refractivity contribution in [3.63, 3.8) is 0 Å². The van der Waals surface area contributed by atoms with E-state index in [9.17, 15) is 0 Å². The summed E-state index contributed by atoms with van der Waals surface area (Å²) in [5.41, 5.74) is 6.51. The predicted octanol–water partition coefficient (Wildman–Crippen LogP) is -0.285. The van der Waals surface area contributed by atoms with E-state index in [2.05, 4.69) is 33.9 Å². The van der Waals surface area contributed by atoms with E-state index in [0.717, 1.165) is 23.0 Å². The molecule has 0 aromatic carbocycles. The van der Waals surface area contributed by atoms with Gasteiger partial charge in [0.05, 0.1) is 11.8 Å². The Balaban J connectivity index is 2.35. The number of hydrazine groups is 2. The molecule has 14 heavy (non-hydrogen) atoms. The van der Waals surface area contributed by atoms with Crippen molar-refractivity contribution in [2.75, 3.05) is 6.54 Å². The number of aryl methyl sites for hydroxylation is 1. The number of amidine groups is 1. The van der Waals surface area contributed by atoms with Crippen LogP contribution >= 0.6 is 12.6 Å². The van der Waals surface area contributed by atoms with E-state index < -0.39 is 0 Å². The first-order valence-corrected chi connectivity index (χ1v) is 4.76. The van der Waals surface area contributed by atoms with Gasteiger partial charge in [-0.25, -0.2) is 5.53 Å². The van der Waals surface area contributed by atoms with Gasteiger partial charge in [-0.3, -0.25) is 9.69 Å². The zero-order valence-electron chi connectivity index (χ0n) is 8.02. The van der Waals surface area contributed by atoms with Crippen LogP contribution in [0.4, 0.5) is 0 Å². The highest BCUT2D eigenvalue weighted by molar-refractivity contribution is 7.80. The fourth-order valence-corrected chi connectivity index (χ4v) is 1.48. The maximum atomic E-state index is 4.35. The molecule has 0 bridgehead atoms. The first-order chi connectivity index (χ1) is 6.74. The lowest BCUT2D eigenvalue weighted by molar-refractivity contribution is 0.308. The number of hydrazone groups is 1. The second-order valence-corrected chi connectivity index (χ2v) is 3.33. The number of rotatable bonds is 2. The van der Waals surface area contributed by atoms with Crippen LogP contribution in [0.15, 0.2) is 16.3 Å². The molecule has 0 aliphatic carbocycles. The minimum atomic E-state index is 0.799. The largest absolute Gasteiger partial charge is 0.271 e.